The fraction of sp³-hybridized carbons (Fsp3) is 0.478. The summed E-state index contributed by atoms with van der Waals surface area (Å²) in [6, 6.07) is 35.8. The Morgan fingerprint density at radius 1 is 0.517 bits per heavy atom. The summed E-state index contributed by atoms with van der Waals surface area (Å²) in [5, 5.41) is 11.4. The Balaban J connectivity index is 1.10. The number of fused-ring (bicyclic) bond motifs is 3. The van der Waals surface area contributed by atoms with Gasteiger partial charge in [-0.05, 0) is 62.1 Å². The minimum atomic E-state index is -0.994. The fourth-order valence-electron chi connectivity index (χ4n) is 8.04. The first-order valence-electron chi connectivity index (χ1n) is 20.4. The molecule has 60 heavy (non-hydrogen) atoms. The van der Waals surface area contributed by atoms with Gasteiger partial charge in [0.25, 0.3) is 5.69 Å². The molecule has 0 radical (unpaired) electrons. The van der Waals surface area contributed by atoms with E-state index in [1.807, 2.05) is 119 Å². The van der Waals surface area contributed by atoms with Crippen LogP contribution in [0.4, 0.5) is 5.69 Å². The zero-order valence-electron chi connectivity index (χ0n) is 34.2. The molecule has 4 aromatic carbocycles. The van der Waals surface area contributed by atoms with Crippen molar-refractivity contribution in [2.24, 2.45) is 0 Å². The average Bonchev–Trinajstić information content (AvgIpc) is 3.75. The molecule has 4 heterocycles. The molecule has 4 aromatic rings. The van der Waals surface area contributed by atoms with Gasteiger partial charge in [-0.15, -0.1) is 0 Å². The van der Waals surface area contributed by atoms with Crippen molar-refractivity contribution < 1.29 is 57.0 Å². The van der Waals surface area contributed by atoms with Crippen LogP contribution < -0.4 is 0 Å². The summed E-state index contributed by atoms with van der Waals surface area (Å²) in [7, 11) is 0. The van der Waals surface area contributed by atoms with Crippen molar-refractivity contribution in [3.8, 4) is 0 Å². The fourth-order valence-corrected chi connectivity index (χ4v) is 8.04. The van der Waals surface area contributed by atoms with E-state index < -0.39 is 77.9 Å². The maximum Gasteiger partial charge on any atom is 0.269 e. The highest BCUT2D eigenvalue weighted by molar-refractivity contribution is 5.32. The van der Waals surface area contributed by atoms with Crippen molar-refractivity contribution in [3.63, 3.8) is 0 Å². The van der Waals surface area contributed by atoms with E-state index in [2.05, 4.69) is 0 Å². The molecule has 0 amide bonds. The van der Waals surface area contributed by atoms with Crippen LogP contribution in [-0.2, 0) is 78.5 Å². The minimum Gasteiger partial charge on any atom is -0.374 e. The summed E-state index contributed by atoms with van der Waals surface area (Å²) < 4.78 is 72.0. The van der Waals surface area contributed by atoms with Crippen molar-refractivity contribution in [1.29, 1.82) is 0 Å². The van der Waals surface area contributed by atoms with E-state index in [1.165, 1.54) is 12.1 Å². The summed E-state index contributed by atoms with van der Waals surface area (Å²) in [5.74, 6) is -1.77. The van der Waals surface area contributed by atoms with E-state index in [4.69, 9.17) is 52.1 Å². The number of benzene rings is 4. The number of nitro benzene ring substituents is 1. The molecule has 4 fully saturated rings. The lowest BCUT2D eigenvalue weighted by molar-refractivity contribution is -0.384. The molecule has 4 aliphatic heterocycles. The first-order chi connectivity index (χ1) is 29.0. The molecule has 0 unspecified atom stereocenters. The normalized spacial score (nSPS) is 30.4. The Bertz CT molecular complexity index is 1970. The number of nitrogens with zero attached hydrogens (tertiary/aromatic N) is 1. The molecular formula is C46H53NO13. The zero-order valence-corrected chi connectivity index (χ0v) is 34.2. The summed E-state index contributed by atoms with van der Waals surface area (Å²) in [5.41, 5.74) is 3.61. The Labute approximate surface area is 350 Å². The highest BCUT2D eigenvalue weighted by Crippen LogP contribution is 2.44. The summed E-state index contributed by atoms with van der Waals surface area (Å²) in [6.45, 7) is 8.47. The molecular weight excluding hydrogens is 774 g/mol. The number of rotatable bonds is 17. The lowest BCUT2D eigenvalue weighted by atomic mass is 9.97. The number of hydrogen-bond donors (Lipinski definition) is 0. The number of nitro groups is 1. The molecule has 14 heteroatoms. The van der Waals surface area contributed by atoms with Crippen LogP contribution in [0.3, 0.4) is 0 Å². The standard InChI is InChI=1S/C46H53NO13/c1-45(2)57-38-36(56-44-42(40(38)58-45)59-46(3,4)60-44)29-54-43-41(53-26-32-18-12-7-13-19-32)39(52-25-31-16-10-6-11-17-31)37(51-27-33-20-22-34(23-21-33)47(48)49)35(55-43)28-50-24-30-14-8-5-9-15-30/h5-23,35-44H,24-29H2,1-4H3/t35-,36-,37+,38+,39+,40+,41-,42-,43+,44-/m1/s1. The molecule has 0 aliphatic carbocycles. The third kappa shape index (κ3) is 10.5. The summed E-state index contributed by atoms with van der Waals surface area (Å²) >= 11 is 0. The quantitative estimate of drug-likeness (QED) is 0.0796. The number of ether oxygens (including phenoxy) is 11. The van der Waals surface area contributed by atoms with E-state index in [9.17, 15) is 10.1 Å². The second-order valence-electron chi connectivity index (χ2n) is 16.3. The van der Waals surface area contributed by atoms with Crippen LogP contribution in [0.25, 0.3) is 0 Å². The van der Waals surface area contributed by atoms with Crippen LogP contribution in [0.15, 0.2) is 115 Å². The van der Waals surface area contributed by atoms with E-state index in [0.717, 1.165) is 22.3 Å². The van der Waals surface area contributed by atoms with Crippen molar-refractivity contribution in [2.75, 3.05) is 13.2 Å². The van der Waals surface area contributed by atoms with Crippen molar-refractivity contribution >= 4 is 5.69 Å². The molecule has 0 spiro atoms. The van der Waals surface area contributed by atoms with Crippen LogP contribution in [0.2, 0.25) is 0 Å². The molecule has 14 nitrogen and oxygen atoms in total. The minimum absolute atomic E-state index is 0.0111. The van der Waals surface area contributed by atoms with Crippen molar-refractivity contribution in [2.45, 2.75) is 127 Å². The van der Waals surface area contributed by atoms with Gasteiger partial charge in [0, 0.05) is 12.1 Å². The lowest BCUT2D eigenvalue weighted by Gasteiger charge is -2.46. The van der Waals surface area contributed by atoms with Crippen LogP contribution >= 0.6 is 0 Å². The molecule has 320 valence electrons. The van der Waals surface area contributed by atoms with Crippen LogP contribution in [-0.4, -0.2) is 91.1 Å². The third-order valence-electron chi connectivity index (χ3n) is 10.8. The molecule has 0 bridgehead atoms. The maximum atomic E-state index is 11.4. The van der Waals surface area contributed by atoms with Gasteiger partial charge in [-0.25, -0.2) is 0 Å². The van der Waals surface area contributed by atoms with Gasteiger partial charge in [-0.3, -0.25) is 10.1 Å². The second-order valence-corrected chi connectivity index (χ2v) is 16.3. The van der Waals surface area contributed by atoms with E-state index in [-0.39, 0.29) is 38.7 Å². The van der Waals surface area contributed by atoms with Crippen LogP contribution in [0.5, 0.6) is 0 Å². The van der Waals surface area contributed by atoms with Crippen LogP contribution in [0, 0.1) is 10.1 Å². The molecule has 10 atom stereocenters. The van der Waals surface area contributed by atoms with E-state index in [0.29, 0.717) is 6.61 Å². The SMILES string of the molecule is CC1(C)O[C@H]2[C@@H](O1)[C@@H](CO[C@H]1O[C@H](COCc3ccccc3)[C@H](OCc3ccc([N+](=O)[O-])cc3)[C@H](OCc3ccccc3)[C@H]1OCc1ccccc1)O[C@@H]1OC(C)(C)O[C@@H]12. The smallest absolute Gasteiger partial charge is 0.269 e. The first kappa shape index (κ1) is 42.5. The van der Waals surface area contributed by atoms with E-state index in [1.54, 1.807) is 12.1 Å². The van der Waals surface area contributed by atoms with Gasteiger partial charge in [-0.1, -0.05) is 91.0 Å². The molecule has 0 aromatic heterocycles. The topological polar surface area (TPSA) is 145 Å². The van der Waals surface area contributed by atoms with Gasteiger partial charge in [0.05, 0.1) is 44.6 Å². The first-order valence-corrected chi connectivity index (χ1v) is 20.4. The zero-order chi connectivity index (χ0) is 41.7. The Kier molecular flexibility index (Phi) is 13.4. The lowest BCUT2D eigenvalue weighted by Crippen LogP contribution is -2.62. The Morgan fingerprint density at radius 3 is 1.62 bits per heavy atom. The predicted octanol–water partition coefficient (Wildman–Crippen LogP) is 7.01. The summed E-state index contributed by atoms with van der Waals surface area (Å²) in [4.78, 5) is 11.0. The number of non-ortho nitro benzene ring substituents is 1. The Morgan fingerprint density at radius 2 is 1.02 bits per heavy atom. The third-order valence-corrected chi connectivity index (χ3v) is 10.8. The van der Waals surface area contributed by atoms with Crippen molar-refractivity contribution in [3.05, 3.63) is 148 Å². The highest BCUT2D eigenvalue weighted by Gasteiger charge is 2.61. The number of hydrogen-bond acceptors (Lipinski definition) is 13. The highest BCUT2D eigenvalue weighted by atomic mass is 16.9. The van der Waals surface area contributed by atoms with E-state index >= 15 is 0 Å². The molecule has 0 N–H and O–H groups in total. The van der Waals surface area contributed by atoms with Crippen LogP contribution in [0.1, 0.15) is 49.9 Å². The molecule has 0 saturated carbocycles. The maximum absolute atomic E-state index is 11.4. The average molecular weight is 828 g/mol. The largest absolute Gasteiger partial charge is 0.374 e. The predicted molar refractivity (Wildman–Crippen MR) is 215 cm³/mol. The van der Waals surface area contributed by atoms with Gasteiger partial charge in [-0.2, -0.15) is 0 Å². The van der Waals surface area contributed by atoms with Crippen molar-refractivity contribution in [1.82, 2.24) is 0 Å². The molecule has 4 aliphatic rings. The monoisotopic (exact) mass is 827 g/mol. The second kappa shape index (κ2) is 18.8. The van der Waals surface area contributed by atoms with Gasteiger partial charge in [0.1, 0.15) is 48.8 Å². The van der Waals surface area contributed by atoms with Gasteiger partial charge < -0.3 is 52.1 Å². The molecule has 4 saturated heterocycles. The van der Waals surface area contributed by atoms with Gasteiger partial charge in [0.2, 0.25) is 0 Å². The van der Waals surface area contributed by atoms with Gasteiger partial charge >= 0.3 is 0 Å². The molecule has 8 rings (SSSR count). The van der Waals surface area contributed by atoms with Gasteiger partial charge in [0.15, 0.2) is 24.2 Å². The summed E-state index contributed by atoms with van der Waals surface area (Å²) in [6.07, 6.45) is -6.84. The Hall–Kier alpha value is -4.16.